The maximum Gasteiger partial charge on any atom is 0.310 e. The van der Waals surface area contributed by atoms with Crippen molar-refractivity contribution < 1.29 is 63.1 Å². The Bertz CT molecular complexity index is 1360. The molecular formula is C28H30O13. The lowest BCUT2D eigenvalue weighted by molar-refractivity contribution is -0.364. The van der Waals surface area contributed by atoms with E-state index in [1.165, 1.54) is 13.2 Å². The standard InChI is InChI=1S/C28H30O13/c1-10-35-8-19-26(39-10)23(31)24(32)28(40-19)41-25-13-6-17-16(37-9-38-17)5-12(13)20(21-14(25)7-36-27(21)33)11-3-15(29)22(30)18(4-11)34-2/h3-6,10,14,19-21,23-26,28-32H,7-9H2,1-2H3/t10?,14?,19?,20?,21-,23?,24?,25?,26-,28+/m1/s1. The second-order valence-corrected chi connectivity index (χ2v) is 10.8. The van der Waals surface area contributed by atoms with E-state index in [-0.39, 0.29) is 25.8 Å². The van der Waals surface area contributed by atoms with Gasteiger partial charge in [0.15, 0.2) is 35.6 Å². The Balaban J connectivity index is 1.31. The molecule has 4 N–H and O–H groups in total. The van der Waals surface area contributed by atoms with Gasteiger partial charge in [0.2, 0.25) is 12.5 Å². The number of phenolic OH excluding ortho intramolecular Hbond substituents is 2. The first-order valence-electron chi connectivity index (χ1n) is 13.4. The highest BCUT2D eigenvalue weighted by atomic mass is 16.8. The summed E-state index contributed by atoms with van der Waals surface area (Å²) in [6.45, 7) is 1.85. The lowest BCUT2D eigenvalue weighted by atomic mass is 9.66. The summed E-state index contributed by atoms with van der Waals surface area (Å²) in [5, 5.41) is 42.6. The molecule has 0 amide bonds. The Kier molecular flexibility index (Phi) is 6.41. The average Bonchev–Trinajstić information content (AvgIpc) is 3.58. The summed E-state index contributed by atoms with van der Waals surface area (Å²) in [7, 11) is 1.36. The lowest BCUT2D eigenvalue weighted by Gasteiger charge is -2.47. The number of fused-ring (bicyclic) bond motifs is 4. The highest BCUT2D eigenvalue weighted by molar-refractivity contribution is 5.79. The van der Waals surface area contributed by atoms with E-state index in [0.717, 1.165) is 0 Å². The lowest BCUT2D eigenvalue weighted by Crippen LogP contribution is -2.63. The molecule has 4 aliphatic heterocycles. The van der Waals surface area contributed by atoms with E-state index in [2.05, 4.69) is 0 Å². The van der Waals surface area contributed by atoms with Gasteiger partial charge in [-0.15, -0.1) is 0 Å². The predicted molar refractivity (Wildman–Crippen MR) is 133 cm³/mol. The summed E-state index contributed by atoms with van der Waals surface area (Å²) in [4.78, 5) is 13.3. The molecule has 7 unspecified atom stereocenters. The number of phenols is 2. The Morgan fingerprint density at radius 3 is 2.44 bits per heavy atom. The molecular weight excluding hydrogens is 544 g/mol. The number of rotatable bonds is 4. The van der Waals surface area contributed by atoms with Crippen LogP contribution in [0.15, 0.2) is 24.3 Å². The minimum absolute atomic E-state index is 0.00920. The Morgan fingerprint density at radius 1 is 0.927 bits per heavy atom. The van der Waals surface area contributed by atoms with Crippen LogP contribution >= 0.6 is 0 Å². The first-order chi connectivity index (χ1) is 19.7. The second kappa shape index (κ2) is 9.89. The SMILES string of the molecule is COc1cc(C2c3cc4c(cc3C(O[C@@H]3OC5COC(C)O[C@H]5C(O)C3O)C3COC(=O)[C@@H]23)OCO4)cc(O)c1O. The predicted octanol–water partition coefficient (Wildman–Crippen LogP) is 1.04. The number of aromatic hydroxyl groups is 2. The minimum atomic E-state index is -1.45. The zero-order chi connectivity index (χ0) is 28.6. The van der Waals surface area contributed by atoms with Crippen LogP contribution in [0.3, 0.4) is 0 Å². The normalized spacial score (nSPS) is 37.1. The van der Waals surface area contributed by atoms with E-state index >= 15 is 0 Å². The third kappa shape index (κ3) is 4.18. The first kappa shape index (κ1) is 26.6. The molecule has 41 heavy (non-hydrogen) atoms. The van der Waals surface area contributed by atoms with Gasteiger partial charge in [0.25, 0.3) is 0 Å². The molecule has 4 heterocycles. The van der Waals surface area contributed by atoms with Crippen LogP contribution in [0.4, 0.5) is 0 Å². The number of hydrogen-bond donors (Lipinski definition) is 4. The number of methoxy groups -OCH3 is 1. The topological polar surface area (TPSA) is 172 Å². The molecule has 0 spiro atoms. The van der Waals surface area contributed by atoms with Crippen molar-refractivity contribution in [1.82, 2.24) is 0 Å². The third-order valence-corrected chi connectivity index (χ3v) is 8.54. The zero-order valence-corrected chi connectivity index (χ0v) is 22.2. The summed E-state index contributed by atoms with van der Waals surface area (Å²) < 4.78 is 45.7. The van der Waals surface area contributed by atoms with Gasteiger partial charge in [-0.2, -0.15) is 0 Å². The summed E-state index contributed by atoms with van der Waals surface area (Å²) in [6.07, 6.45) is -6.91. The Hall–Kier alpha value is -3.33. The highest BCUT2D eigenvalue weighted by Crippen LogP contribution is 2.57. The highest BCUT2D eigenvalue weighted by Gasteiger charge is 2.56. The van der Waals surface area contributed by atoms with E-state index in [1.807, 2.05) is 0 Å². The summed E-state index contributed by atoms with van der Waals surface area (Å²) in [5.41, 5.74) is 1.76. The number of carbonyl (C=O) groups excluding carboxylic acids is 1. The van der Waals surface area contributed by atoms with Crippen molar-refractivity contribution in [3.05, 3.63) is 41.0 Å². The Morgan fingerprint density at radius 2 is 1.68 bits per heavy atom. The minimum Gasteiger partial charge on any atom is -0.504 e. The summed E-state index contributed by atoms with van der Waals surface area (Å²) >= 11 is 0. The fraction of sp³-hybridized carbons (Fsp3) is 0.536. The van der Waals surface area contributed by atoms with Gasteiger partial charge in [0.05, 0.1) is 32.3 Å². The van der Waals surface area contributed by atoms with Gasteiger partial charge in [-0.1, -0.05) is 0 Å². The van der Waals surface area contributed by atoms with E-state index in [9.17, 15) is 25.2 Å². The average molecular weight is 575 g/mol. The number of hydrogen-bond acceptors (Lipinski definition) is 13. The molecule has 0 bridgehead atoms. The summed E-state index contributed by atoms with van der Waals surface area (Å²) in [6, 6.07) is 6.46. The monoisotopic (exact) mass is 574 g/mol. The van der Waals surface area contributed by atoms with Crippen molar-refractivity contribution in [1.29, 1.82) is 0 Å². The van der Waals surface area contributed by atoms with Crippen molar-refractivity contribution in [3.8, 4) is 28.7 Å². The van der Waals surface area contributed by atoms with Crippen molar-refractivity contribution in [2.24, 2.45) is 11.8 Å². The first-order valence-corrected chi connectivity index (χ1v) is 13.4. The van der Waals surface area contributed by atoms with E-state index in [0.29, 0.717) is 28.2 Å². The van der Waals surface area contributed by atoms with Gasteiger partial charge in [0, 0.05) is 11.8 Å². The molecule has 0 radical (unpaired) electrons. The molecule has 3 saturated heterocycles. The molecule has 7 rings (SSSR count). The van der Waals surface area contributed by atoms with Crippen LogP contribution < -0.4 is 14.2 Å². The van der Waals surface area contributed by atoms with Crippen molar-refractivity contribution in [2.75, 3.05) is 27.1 Å². The molecule has 0 aromatic heterocycles. The molecule has 10 atom stereocenters. The van der Waals surface area contributed by atoms with Gasteiger partial charge in [-0.3, -0.25) is 4.79 Å². The number of ether oxygens (including phenoxy) is 8. The fourth-order valence-electron chi connectivity index (χ4n) is 6.59. The Labute approximate surface area is 234 Å². The van der Waals surface area contributed by atoms with Crippen molar-refractivity contribution >= 4 is 5.97 Å². The largest absolute Gasteiger partial charge is 0.504 e. The maximum absolute atomic E-state index is 13.3. The number of carbonyl (C=O) groups is 1. The van der Waals surface area contributed by atoms with Crippen LogP contribution in [0.25, 0.3) is 0 Å². The molecule has 5 aliphatic rings. The van der Waals surface area contributed by atoms with Crippen LogP contribution in [0.2, 0.25) is 0 Å². The third-order valence-electron chi connectivity index (χ3n) is 8.54. The van der Waals surface area contributed by atoms with Crippen LogP contribution in [0, 0.1) is 11.8 Å². The zero-order valence-electron chi connectivity index (χ0n) is 22.2. The smallest absolute Gasteiger partial charge is 0.310 e. The van der Waals surface area contributed by atoms with E-state index in [4.69, 9.17) is 37.9 Å². The van der Waals surface area contributed by atoms with Crippen molar-refractivity contribution in [2.45, 2.75) is 55.9 Å². The van der Waals surface area contributed by atoms with Crippen molar-refractivity contribution in [3.63, 3.8) is 0 Å². The number of benzene rings is 2. The number of aliphatic hydroxyl groups is 2. The van der Waals surface area contributed by atoms with E-state index in [1.54, 1.807) is 25.1 Å². The number of aliphatic hydroxyl groups excluding tert-OH is 2. The van der Waals surface area contributed by atoms with Gasteiger partial charge in [0.1, 0.15) is 24.4 Å². The van der Waals surface area contributed by atoms with Crippen LogP contribution in [-0.4, -0.2) is 90.5 Å². The number of esters is 1. The molecule has 3 fully saturated rings. The number of cyclic esters (lactones) is 1. The molecule has 2 aromatic carbocycles. The van der Waals surface area contributed by atoms with Gasteiger partial charge >= 0.3 is 5.97 Å². The van der Waals surface area contributed by atoms with Crippen LogP contribution in [0.5, 0.6) is 28.7 Å². The molecule has 0 saturated carbocycles. The molecule has 1 aliphatic carbocycles. The molecule has 220 valence electrons. The summed E-state index contributed by atoms with van der Waals surface area (Å²) in [5.74, 6) is -2.30. The van der Waals surface area contributed by atoms with Crippen LogP contribution in [-0.2, 0) is 28.5 Å². The van der Waals surface area contributed by atoms with Gasteiger partial charge < -0.3 is 58.3 Å². The second-order valence-electron chi connectivity index (χ2n) is 10.8. The molecule has 2 aromatic rings. The maximum atomic E-state index is 13.3. The van der Waals surface area contributed by atoms with E-state index < -0.39 is 78.3 Å². The fourth-order valence-corrected chi connectivity index (χ4v) is 6.59. The van der Waals surface area contributed by atoms with Gasteiger partial charge in [-0.25, -0.2) is 0 Å². The molecule has 13 nitrogen and oxygen atoms in total. The van der Waals surface area contributed by atoms with Crippen LogP contribution in [0.1, 0.15) is 35.6 Å². The molecule has 13 heteroatoms. The quantitative estimate of drug-likeness (QED) is 0.302. The van der Waals surface area contributed by atoms with Gasteiger partial charge in [-0.05, 0) is 47.9 Å².